The number of hydrogen-bond donors (Lipinski definition) is 1. The van der Waals surface area contributed by atoms with E-state index in [9.17, 15) is 9.90 Å². The number of Topliss-reactive ketones (excluding diaryl/α,β-unsaturated/α-hetero) is 1. The smallest absolute Gasteiger partial charge is 0.169 e. The van der Waals surface area contributed by atoms with Crippen molar-refractivity contribution in [3.8, 4) is 0 Å². The van der Waals surface area contributed by atoms with E-state index >= 15 is 0 Å². The van der Waals surface area contributed by atoms with E-state index in [-0.39, 0.29) is 23.0 Å². The van der Waals surface area contributed by atoms with Crippen LogP contribution in [0.5, 0.6) is 0 Å². The lowest BCUT2D eigenvalue weighted by atomic mass is 9.89. The molecular formula is C21H22Cl3NO2S. The van der Waals surface area contributed by atoms with Gasteiger partial charge in [0.15, 0.2) is 5.78 Å². The zero-order valence-corrected chi connectivity index (χ0v) is 18.5. The van der Waals surface area contributed by atoms with Crippen molar-refractivity contribution in [3.05, 3.63) is 56.0 Å². The molecule has 0 amide bonds. The molecule has 150 valence electrons. The van der Waals surface area contributed by atoms with E-state index < -0.39 is 6.10 Å². The lowest BCUT2D eigenvalue weighted by molar-refractivity contribution is 0.102. The molecule has 0 unspecified atom stereocenters. The molecule has 7 heteroatoms. The van der Waals surface area contributed by atoms with Crippen LogP contribution in [0.25, 0.3) is 6.08 Å². The number of nitrogens with zero attached hydrogens (tertiary/aromatic N) is 1. The fourth-order valence-electron chi connectivity index (χ4n) is 3.75. The molecule has 3 rings (SSSR count). The van der Waals surface area contributed by atoms with Crippen molar-refractivity contribution in [1.29, 1.82) is 0 Å². The van der Waals surface area contributed by atoms with Gasteiger partial charge in [-0.2, -0.15) is 0 Å². The van der Waals surface area contributed by atoms with Crippen LogP contribution in [0.1, 0.15) is 46.3 Å². The van der Waals surface area contributed by atoms with Crippen LogP contribution in [-0.2, 0) is 6.42 Å². The van der Waals surface area contributed by atoms with Gasteiger partial charge in [0.05, 0.1) is 11.0 Å². The summed E-state index contributed by atoms with van der Waals surface area (Å²) in [5.74, 6) is 0.301. The van der Waals surface area contributed by atoms with Gasteiger partial charge in [-0.25, -0.2) is 4.98 Å². The van der Waals surface area contributed by atoms with Gasteiger partial charge in [-0.3, -0.25) is 4.79 Å². The van der Waals surface area contributed by atoms with Crippen LogP contribution in [-0.4, -0.2) is 27.4 Å². The Morgan fingerprint density at radius 1 is 1.32 bits per heavy atom. The molecule has 1 saturated carbocycles. The van der Waals surface area contributed by atoms with Gasteiger partial charge in [0.2, 0.25) is 0 Å². The third-order valence-electron chi connectivity index (χ3n) is 5.14. The normalized spacial score (nSPS) is 24.9. The highest BCUT2D eigenvalue weighted by molar-refractivity contribution is 7.14. The number of pyridine rings is 1. The number of alkyl halides is 1. The molecular weight excluding hydrogens is 437 g/mol. The summed E-state index contributed by atoms with van der Waals surface area (Å²) in [6, 6.07) is 7.39. The minimum Gasteiger partial charge on any atom is -0.392 e. The standard InChI is InChI=1S/C21H22Cl3NO2S/c1-12(26)19-8-6-14(28-19)3-2-4-15-16(18(27)11-17(15)22)7-5-13-9-20(23)25-21(24)10-13/h5-10,15-18,27H,2-4,11H2,1H3/t15-,16-,17-,18-/m1/s1. The number of halogens is 3. The zero-order valence-electron chi connectivity index (χ0n) is 15.4. The minimum atomic E-state index is -0.456. The van der Waals surface area contributed by atoms with Crippen LogP contribution >= 0.6 is 46.1 Å². The second kappa shape index (κ2) is 9.73. The van der Waals surface area contributed by atoms with E-state index in [1.54, 1.807) is 30.4 Å². The minimum absolute atomic E-state index is 0.00988. The zero-order chi connectivity index (χ0) is 20.3. The molecule has 1 aliphatic carbocycles. The molecule has 0 aromatic carbocycles. The number of ketones is 1. The van der Waals surface area contributed by atoms with E-state index in [1.165, 1.54) is 4.88 Å². The monoisotopic (exact) mass is 457 g/mol. The summed E-state index contributed by atoms with van der Waals surface area (Å²) in [7, 11) is 0. The second-order valence-electron chi connectivity index (χ2n) is 7.18. The molecule has 0 radical (unpaired) electrons. The number of thiophene rings is 1. The van der Waals surface area contributed by atoms with Crippen molar-refractivity contribution in [1.82, 2.24) is 4.98 Å². The lowest BCUT2D eigenvalue weighted by Gasteiger charge is -2.20. The SMILES string of the molecule is CC(=O)c1ccc(CCC[C@@H]2[C@@H](C=Cc3cc(Cl)nc(Cl)c3)[C@H](O)C[C@H]2Cl)s1. The largest absolute Gasteiger partial charge is 0.392 e. The quantitative estimate of drug-likeness (QED) is 0.301. The Balaban J connectivity index is 1.62. The maximum absolute atomic E-state index is 11.4. The molecule has 0 saturated heterocycles. The number of carbonyl (C=O) groups is 1. The molecule has 2 aromatic heterocycles. The van der Waals surface area contributed by atoms with Gasteiger partial charge in [0.25, 0.3) is 0 Å². The second-order valence-corrected chi connectivity index (χ2v) is 9.68. The Labute approximate surface area is 184 Å². The van der Waals surface area contributed by atoms with E-state index in [2.05, 4.69) is 4.98 Å². The van der Waals surface area contributed by atoms with E-state index in [4.69, 9.17) is 34.8 Å². The Bertz CT molecular complexity index is 847. The van der Waals surface area contributed by atoms with E-state index in [0.717, 1.165) is 29.7 Å². The molecule has 1 aliphatic rings. The molecule has 4 atom stereocenters. The molecule has 0 bridgehead atoms. The van der Waals surface area contributed by atoms with Crippen molar-refractivity contribution in [3.63, 3.8) is 0 Å². The molecule has 3 nitrogen and oxygen atoms in total. The molecule has 0 aliphatic heterocycles. The van der Waals surface area contributed by atoms with Gasteiger partial charge in [-0.1, -0.05) is 35.4 Å². The van der Waals surface area contributed by atoms with Crippen molar-refractivity contribution in [2.24, 2.45) is 11.8 Å². The predicted octanol–water partition coefficient (Wildman–Crippen LogP) is 6.29. The Morgan fingerprint density at radius 3 is 2.68 bits per heavy atom. The van der Waals surface area contributed by atoms with Gasteiger partial charge < -0.3 is 5.11 Å². The van der Waals surface area contributed by atoms with Gasteiger partial charge in [0, 0.05) is 16.2 Å². The average Bonchev–Trinajstić information content (AvgIpc) is 3.18. The molecule has 1 N–H and O–H groups in total. The molecule has 2 aromatic rings. The first-order valence-electron chi connectivity index (χ1n) is 9.26. The summed E-state index contributed by atoms with van der Waals surface area (Å²) < 4.78 is 0. The van der Waals surface area contributed by atoms with Gasteiger partial charge in [-0.15, -0.1) is 22.9 Å². The number of aryl methyl sites for hydroxylation is 1. The number of aliphatic hydroxyl groups is 1. The van der Waals surface area contributed by atoms with Gasteiger partial charge in [-0.05, 0) is 68.4 Å². The van der Waals surface area contributed by atoms with Crippen LogP contribution in [0.15, 0.2) is 30.3 Å². The molecule has 28 heavy (non-hydrogen) atoms. The third kappa shape index (κ3) is 5.58. The van der Waals surface area contributed by atoms with Crippen molar-refractivity contribution in [2.75, 3.05) is 0 Å². The maximum Gasteiger partial charge on any atom is 0.169 e. The van der Waals surface area contributed by atoms with Gasteiger partial charge in [0.1, 0.15) is 10.3 Å². The van der Waals surface area contributed by atoms with Crippen LogP contribution in [0.2, 0.25) is 10.3 Å². The fourth-order valence-corrected chi connectivity index (χ4v) is 5.65. The van der Waals surface area contributed by atoms with Crippen LogP contribution in [0.4, 0.5) is 0 Å². The number of rotatable bonds is 7. The first-order valence-corrected chi connectivity index (χ1v) is 11.3. The highest BCUT2D eigenvalue weighted by Crippen LogP contribution is 2.40. The average molecular weight is 459 g/mol. The van der Waals surface area contributed by atoms with Gasteiger partial charge >= 0.3 is 0 Å². The molecule has 2 heterocycles. The first-order chi connectivity index (χ1) is 13.3. The first kappa shape index (κ1) is 21.8. The van der Waals surface area contributed by atoms with Crippen molar-refractivity contribution in [2.45, 2.75) is 44.1 Å². The van der Waals surface area contributed by atoms with Crippen molar-refractivity contribution < 1.29 is 9.90 Å². The highest BCUT2D eigenvalue weighted by atomic mass is 35.5. The Morgan fingerprint density at radius 2 is 2.04 bits per heavy atom. The van der Waals surface area contributed by atoms with E-state index in [0.29, 0.717) is 16.7 Å². The Kier molecular flexibility index (Phi) is 7.57. The fraction of sp³-hybridized carbons (Fsp3) is 0.429. The van der Waals surface area contributed by atoms with Crippen LogP contribution in [0, 0.1) is 11.8 Å². The summed E-state index contributed by atoms with van der Waals surface area (Å²) in [4.78, 5) is 17.4. The van der Waals surface area contributed by atoms with Crippen LogP contribution in [0.3, 0.4) is 0 Å². The summed E-state index contributed by atoms with van der Waals surface area (Å²) in [5, 5.41) is 11.1. The predicted molar refractivity (Wildman–Crippen MR) is 118 cm³/mol. The maximum atomic E-state index is 11.4. The summed E-state index contributed by atoms with van der Waals surface area (Å²) in [6.07, 6.45) is 6.88. The highest BCUT2D eigenvalue weighted by Gasteiger charge is 2.39. The molecule has 0 spiro atoms. The molecule has 1 fully saturated rings. The number of hydrogen-bond acceptors (Lipinski definition) is 4. The topological polar surface area (TPSA) is 50.2 Å². The third-order valence-corrected chi connectivity index (χ3v) is 7.27. The van der Waals surface area contributed by atoms with Crippen LogP contribution < -0.4 is 0 Å². The Hall–Kier alpha value is -0.910. The number of aliphatic hydroxyl groups excluding tert-OH is 1. The number of aromatic nitrogens is 1. The summed E-state index contributed by atoms with van der Waals surface area (Å²) in [6.45, 7) is 1.59. The number of carbonyl (C=O) groups excluding carboxylic acids is 1. The van der Waals surface area contributed by atoms with Crippen molar-refractivity contribution >= 4 is 58.0 Å². The summed E-state index contributed by atoms with van der Waals surface area (Å²) >= 11 is 20.0. The summed E-state index contributed by atoms with van der Waals surface area (Å²) in [5.41, 5.74) is 0.851. The lowest BCUT2D eigenvalue weighted by Crippen LogP contribution is -2.18. The van der Waals surface area contributed by atoms with E-state index in [1.807, 2.05) is 24.3 Å².